The second-order valence-electron chi connectivity index (χ2n) is 6.43. The number of carboxylic acid groups (broad SMARTS) is 1. The van der Waals surface area contributed by atoms with Gasteiger partial charge in [-0.05, 0) is 18.2 Å². The fourth-order valence-electron chi connectivity index (χ4n) is 3.51. The first-order valence-electron chi connectivity index (χ1n) is 8.65. The summed E-state index contributed by atoms with van der Waals surface area (Å²) >= 11 is 0. The molecule has 1 aromatic heterocycles. The highest BCUT2D eigenvalue weighted by atomic mass is 16.5. The molecule has 6 heteroatoms. The molecule has 1 aliphatic rings. The number of anilines is 1. The summed E-state index contributed by atoms with van der Waals surface area (Å²) in [6.07, 6.45) is 0.220. The van der Waals surface area contributed by atoms with Crippen LogP contribution in [0.3, 0.4) is 0 Å². The number of ether oxygens (including phenoxy) is 1. The van der Waals surface area contributed by atoms with Crippen LogP contribution in [0, 0.1) is 0 Å². The normalized spacial score (nSPS) is 16.7. The van der Waals surface area contributed by atoms with E-state index < -0.39 is 12.0 Å². The van der Waals surface area contributed by atoms with Crippen LogP contribution in [0.15, 0.2) is 54.6 Å². The van der Waals surface area contributed by atoms with E-state index in [2.05, 4.69) is 0 Å². The summed E-state index contributed by atoms with van der Waals surface area (Å²) in [5, 5.41) is 10.3. The van der Waals surface area contributed by atoms with Gasteiger partial charge in [0.1, 0.15) is 5.75 Å². The first-order valence-corrected chi connectivity index (χ1v) is 8.65. The predicted molar refractivity (Wildman–Crippen MR) is 102 cm³/mol. The van der Waals surface area contributed by atoms with Gasteiger partial charge in [0.15, 0.2) is 11.8 Å². The average Bonchev–Trinajstić information content (AvgIpc) is 3.08. The molecule has 3 aromatic rings. The van der Waals surface area contributed by atoms with Gasteiger partial charge in [0, 0.05) is 35.7 Å². The number of ketones is 1. The van der Waals surface area contributed by atoms with Crippen molar-refractivity contribution in [2.24, 2.45) is 0 Å². The quantitative estimate of drug-likeness (QED) is 0.718. The standard InChI is InChI=1S/C21H18N2O4/c1-27-14-7-8-15-17(11-14)22-16(13-5-3-2-4-6-13)12-18(15)23-10-9-19(24)20(23)21(25)26/h2-8,11-12,20H,9-10H2,1H3,(H,25,26)/t20-/m0/s1. The molecule has 6 nitrogen and oxygen atoms in total. The first-order chi connectivity index (χ1) is 13.1. The van der Waals surface area contributed by atoms with Crippen molar-refractivity contribution in [3.8, 4) is 17.0 Å². The Kier molecular flexibility index (Phi) is 4.24. The van der Waals surface area contributed by atoms with Crippen molar-refractivity contribution in [2.45, 2.75) is 12.5 Å². The average molecular weight is 362 g/mol. The smallest absolute Gasteiger partial charge is 0.334 e. The van der Waals surface area contributed by atoms with Gasteiger partial charge in [-0.1, -0.05) is 30.3 Å². The Labute approximate surface area is 156 Å². The van der Waals surface area contributed by atoms with E-state index in [-0.39, 0.29) is 12.2 Å². The Morgan fingerprint density at radius 1 is 1.19 bits per heavy atom. The van der Waals surface area contributed by atoms with Crippen LogP contribution in [0.25, 0.3) is 22.2 Å². The number of aromatic nitrogens is 1. The molecule has 0 unspecified atom stereocenters. The Morgan fingerprint density at radius 3 is 2.67 bits per heavy atom. The number of benzene rings is 2. The van der Waals surface area contributed by atoms with E-state index in [0.717, 1.165) is 16.6 Å². The molecule has 0 radical (unpaired) electrons. The van der Waals surface area contributed by atoms with Gasteiger partial charge in [0.25, 0.3) is 0 Å². The van der Waals surface area contributed by atoms with E-state index in [1.165, 1.54) is 0 Å². The van der Waals surface area contributed by atoms with E-state index in [0.29, 0.717) is 23.5 Å². The van der Waals surface area contributed by atoms with Gasteiger partial charge in [0.05, 0.1) is 18.3 Å². The number of methoxy groups -OCH3 is 1. The molecule has 0 saturated carbocycles. The van der Waals surface area contributed by atoms with Gasteiger partial charge in [-0.15, -0.1) is 0 Å². The zero-order valence-corrected chi connectivity index (χ0v) is 14.8. The molecule has 136 valence electrons. The van der Waals surface area contributed by atoms with Gasteiger partial charge >= 0.3 is 5.97 Å². The number of pyridine rings is 1. The lowest BCUT2D eigenvalue weighted by Crippen LogP contribution is -2.40. The summed E-state index contributed by atoms with van der Waals surface area (Å²) < 4.78 is 5.31. The number of aliphatic carboxylic acids is 1. The number of hydrogen-bond donors (Lipinski definition) is 1. The highest BCUT2D eigenvalue weighted by Gasteiger charge is 2.39. The van der Waals surface area contributed by atoms with Crippen LogP contribution in [0.4, 0.5) is 5.69 Å². The van der Waals surface area contributed by atoms with Crippen LogP contribution >= 0.6 is 0 Å². The molecule has 1 aliphatic heterocycles. The van der Waals surface area contributed by atoms with Crippen molar-refractivity contribution in [3.05, 3.63) is 54.6 Å². The summed E-state index contributed by atoms with van der Waals surface area (Å²) in [5.74, 6) is -0.738. The number of Topliss-reactive ketones (excluding diaryl/α,β-unsaturated/α-hetero) is 1. The molecule has 1 N–H and O–H groups in total. The maximum absolute atomic E-state index is 12.1. The summed E-state index contributed by atoms with van der Waals surface area (Å²) in [6, 6.07) is 15.8. The maximum atomic E-state index is 12.1. The molecule has 0 spiro atoms. The minimum Gasteiger partial charge on any atom is -0.497 e. The third-order valence-electron chi connectivity index (χ3n) is 4.82. The molecule has 1 atom stereocenters. The molecule has 2 aromatic carbocycles. The van der Waals surface area contributed by atoms with Gasteiger partial charge in [0.2, 0.25) is 0 Å². The molecule has 1 fully saturated rings. The van der Waals surface area contributed by atoms with Gasteiger partial charge < -0.3 is 14.7 Å². The summed E-state index contributed by atoms with van der Waals surface area (Å²) in [4.78, 5) is 30.2. The zero-order chi connectivity index (χ0) is 19.0. The van der Waals surface area contributed by atoms with Gasteiger partial charge in [-0.25, -0.2) is 9.78 Å². The lowest BCUT2D eigenvalue weighted by Gasteiger charge is -2.25. The van der Waals surface area contributed by atoms with Crippen molar-refractivity contribution in [1.82, 2.24) is 4.98 Å². The van der Waals surface area contributed by atoms with E-state index in [1.807, 2.05) is 54.6 Å². The minimum atomic E-state index is -1.17. The Bertz CT molecular complexity index is 1030. The third-order valence-corrected chi connectivity index (χ3v) is 4.82. The Balaban J connectivity index is 1.95. The van der Waals surface area contributed by atoms with Crippen molar-refractivity contribution in [3.63, 3.8) is 0 Å². The molecule has 0 bridgehead atoms. The molecular weight excluding hydrogens is 344 g/mol. The number of fused-ring (bicyclic) bond motifs is 1. The topological polar surface area (TPSA) is 79.7 Å². The fourth-order valence-corrected chi connectivity index (χ4v) is 3.51. The molecule has 0 amide bonds. The third kappa shape index (κ3) is 2.99. The molecular formula is C21H18N2O4. The van der Waals surface area contributed by atoms with E-state index in [1.54, 1.807) is 12.0 Å². The van der Waals surface area contributed by atoms with E-state index >= 15 is 0 Å². The largest absolute Gasteiger partial charge is 0.497 e. The van der Waals surface area contributed by atoms with Crippen LogP contribution in [-0.4, -0.2) is 41.5 Å². The molecule has 27 heavy (non-hydrogen) atoms. The lowest BCUT2D eigenvalue weighted by atomic mass is 10.1. The second kappa shape index (κ2) is 6.72. The van der Waals surface area contributed by atoms with Crippen LogP contribution in [-0.2, 0) is 9.59 Å². The SMILES string of the molecule is COc1ccc2c(N3CCC(=O)[C@H]3C(=O)O)cc(-c3ccccc3)nc2c1. The summed E-state index contributed by atoms with van der Waals surface area (Å²) in [5.41, 5.74) is 3.02. The van der Waals surface area contributed by atoms with Crippen LogP contribution in [0.5, 0.6) is 5.75 Å². The monoisotopic (exact) mass is 362 g/mol. The van der Waals surface area contributed by atoms with Crippen LogP contribution in [0.1, 0.15) is 6.42 Å². The second-order valence-corrected chi connectivity index (χ2v) is 6.43. The van der Waals surface area contributed by atoms with E-state index in [9.17, 15) is 14.7 Å². The minimum absolute atomic E-state index is 0.220. The van der Waals surface area contributed by atoms with Crippen molar-refractivity contribution in [2.75, 3.05) is 18.6 Å². The Morgan fingerprint density at radius 2 is 1.96 bits per heavy atom. The van der Waals surface area contributed by atoms with Crippen LogP contribution < -0.4 is 9.64 Å². The van der Waals surface area contributed by atoms with Crippen LogP contribution in [0.2, 0.25) is 0 Å². The van der Waals surface area contributed by atoms with Crippen molar-refractivity contribution < 1.29 is 19.4 Å². The van der Waals surface area contributed by atoms with Gasteiger partial charge in [-0.3, -0.25) is 4.79 Å². The van der Waals surface area contributed by atoms with Crippen molar-refractivity contribution in [1.29, 1.82) is 0 Å². The highest BCUT2D eigenvalue weighted by molar-refractivity contribution is 6.10. The number of carboxylic acids is 1. The zero-order valence-electron chi connectivity index (χ0n) is 14.8. The number of carbonyl (C=O) groups excluding carboxylic acids is 1. The number of nitrogens with zero attached hydrogens (tertiary/aromatic N) is 2. The van der Waals surface area contributed by atoms with Crippen molar-refractivity contribution >= 4 is 28.3 Å². The summed E-state index contributed by atoms with van der Waals surface area (Å²) in [7, 11) is 1.59. The molecule has 2 heterocycles. The molecule has 1 saturated heterocycles. The highest BCUT2D eigenvalue weighted by Crippen LogP contribution is 2.35. The number of rotatable bonds is 4. The number of hydrogen-bond acceptors (Lipinski definition) is 5. The maximum Gasteiger partial charge on any atom is 0.334 e. The predicted octanol–water partition coefficient (Wildman–Crippen LogP) is 3.14. The summed E-state index contributed by atoms with van der Waals surface area (Å²) in [6.45, 7) is 0.370. The molecule has 4 rings (SSSR count). The molecule has 0 aliphatic carbocycles. The fraction of sp³-hybridized carbons (Fsp3) is 0.190. The Hall–Kier alpha value is -3.41. The lowest BCUT2D eigenvalue weighted by molar-refractivity contribution is -0.141. The van der Waals surface area contributed by atoms with Gasteiger partial charge in [-0.2, -0.15) is 0 Å². The van der Waals surface area contributed by atoms with E-state index in [4.69, 9.17) is 9.72 Å². The number of carbonyl (C=O) groups is 2. The first kappa shape index (κ1) is 17.0.